The Labute approximate surface area is 102 Å². The van der Waals surface area contributed by atoms with Gasteiger partial charge in [-0.3, -0.25) is 9.69 Å². The fraction of sp³-hybridized carbons (Fsp3) is 0.615. The van der Waals surface area contributed by atoms with Crippen molar-refractivity contribution in [2.45, 2.75) is 18.9 Å². The molecule has 0 aliphatic heterocycles. The molecule has 94 valence electrons. The van der Waals surface area contributed by atoms with E-state index in [4.69, 9.17) is 0 Å². The van der Waals surface area contributed by atoms with Crippen molar-refractivity contribution in [3.63, 3.8) is 0 Å². The van der Waals surface area contributed by atoms with Crippen molar-refractivity contribution in [2.24, 2.45) is 13.0 Å². The molecule has 17 heavy (non-hydrogen) atoms. The van der Waals surface area contributed by atoms with Crippen LogP contribution in [0.3, 0.4) is 0 Å². The third kappa shape index (κ3) is 3.17. The average Bonchev–Trinajstić information content (AvgIpc) is 2.62. The predicted octanol–water partition coefficient (Wildman–Crippen LogP) is 0.911. The summed E-state index contributed by atoms with van der Waals surface area (Å²) in [5.74, 6) is 0.714. The number of aliphatic hydroxyl groups is 1. The molecule has 4 nitrogen and oxygen atoms in total. The molecule has 2 rings (SSSR count). The second kappa shape index (κ2) is 5.02. The molecule has 1 aliphatic carbocycles. The summed E-state index contributed by atoms with van der Waals surface area (Å²) in [7, 11) is 3.88. The van der Waals surface area contributed by atoms with Gasteiger partial charge in [-0.1, -0.05) is 0 Å². The molecular formula is C13H20N2O2. The largest absolute Gasteiger partial charge is 0.393 e. The van der Waals surface area contributed by atoms with E-state index in [0.717, 1.165) is 24.9 Å². The number of Topliss-reactive ketones (excluding diaryl/α,β-unsaturated/α-hetero) is 1. The number of likely N-dealkylation sites (N-methyl/N-ethyl adjacent to an activating group) is 1. The van der Waals surface area contributed by atoms with E-state index in [9.17, 15) is 9.90 Å². The van der Waals surface area contributed by atoms with Crippen molar-refractivity contribution in [1.29, 1.82) is 0 Å². The summed E-state index contributed by atoms with van der Waals surface area (Å²) in [5, 5.41) is 9.21. The fourth-order valence-corrected chi connectivity index (χ4v) is 2.36. The standard InChI is InChI=1S/C13H20N2O2/c1-14-4-3-11(8-14)13(17)9-15(2)7-10-5-12(16)6-10/h3-4,8,10,12,16H,5-7,9H2,1-2H3. The van der Waals surface area contributed by atoms with Crippen LogP contribution in [0.4, 0.5) is 0 Å². The highest BCUT2D eigenvalue weighted by Crippen LogP contribution is 2.27. The van der Waals surface area contributed by atoms with Gasteiger partial charge in [0.05, 0.1) is 12.6 Å². The number of aliphatic hydroxyl groups excluding tert-OH is 1. The van der Waals surface area contributed by atoms with Crippen LogP contribution in [0.5, 0.6) is 0 Å². The number of ketones is 1. The van der Waals surface area contributed by atoms with Gasteiger partial charge in [-0.05, 0) is 31.9 Å². The minimum absolute atomic E-state index is 0.113. The Kier molecular flexibility index (Phi) is 3.64. The van der Waals surface area contributed by atoms with Crippen molar-refractivity contribution < 1.29 is 9.90 Å². The summed E-state index contributed by atoms with van der Waals surface area (Å²) in [5.41, 5.74) is 0.771. The van der Waals surface area contributed by atoms with Crippen molar-refractivity contribution >= 4 is 5.78 Å². The van der Waals surface area contributed by atoms with Crippen molar-refractivity contribution in [2.75, 3.05) is 20.1 Å². The molecule has 1 aromatic rings. The van der Waals surface area contributed by atoms with Gasteiger partial charge in [-0.15, -0.1) is 0 Å². The number of aromatic nitrogens is 1. The van der Waals surface area contributed by atoms with Gasteiger partial charge in [0.1, 0.15) is 0 Å². The molecule has 0 radical (unpaired) electrons. The minimum atomic E-state index is -0.113. The maximum Gasteiger partial charge on any atom is 0.178 e. The zero-order chi connectivity index (χ0) is 12.4. The first kappa shape index (κ1) is 12.3. The van der Waals surface area contributed by atoms with Crippen LogP contribution >= 0.6 is 0 Å². The summed E-state index contributed by atoms with van der Waals surface area (Å²) < 4.78 is 1.88. The van der Waals surface area contributed by atoms with E-state index < -0.39 is 0 Å². The van der Waals surface area contributed by atoms with Crippen LogP contribution in [0.1, 0.15) is 23.2 Å². The van der Waals surface area contributed by atoms with Crippen LogP contribution in [0.2, 0.25) is 0 Å². The quantitative estimate of drug-likeness (QED) is 0.773. The van der Waals surface area contributed by atoms with E-state index in [-0.39, 0.29) is 11.9 Å². The van der Waals surface area contributed by atoms with E-state index >= 15 is 0 Å². The van der Waals surface area contributed by atoms with Crippen LogP contribution in [-0.2, 0) is 7.05 Å². The van der Waals surface area contributed by atoms with Crippen molar-refractivity contribution in [3.05, 3.63) is 24.0 Å². The SMILES string of the molecule is CN(CC(=O)c1ccn(C)c1)CC1CC(O)C1. The summed E-state index contributed by atoms with van der Waals surface area (Å²) in [6.07, 6.45) is 5.38. The zero-order valence-corrected chi connectivity index (χ0v) is 10.5. The Morgan fingerprint density at radius 3 is 2.82 bits per heavy atom. The van der Waals surface area contributed by atoms with E-state index in [0.29, 0.717) is 12.5 Å². The number of aryl methyl sites for hydroxylation is 1. The lowest BCUT2D eigenvalue weighted by Crippen LogP contribution is -2.38. The molecule has 1 saturated carbocycles. The highest BCUT2D eigenvalue weighted by Gasteiger charge is 2.28. The van der Waals surface area contributed by atoms with Gasteiger partial charge in [0.25, 0.3) is 0 Å². The Morgan fingerprint density at radius 1 is 1.59 bits per heavy atom. The maximum absolute atomic E-state index is 11.9. The first-order valence-electron chi connectivity index (χ1n) is 6.06. The fourth-order valence-electron chi connectivity index (χ4n) is 2.36. The molecule has 1 aromatic heterocycles. The van der Waals surface area contributed by atoms with E-state index in [1.807, 2.05) is 42.0 Å². The topological polar surface area (TPSA) is 45.5 Å². The molecule has 0 aromatic carbocycles. The summed E-state index contributed by atoms with van der Waals surface area (Å²) in [6, 6.07) is 1.85. The molecule has 4 heteroatoms. The molecule has 1 N–H and O–H groups in total. The van der Waals surface area contributed by atoms with Gasteiger partial charge >= 0.3 is 0 Å². The Bertz CT molecular complexity index is 394. The van der Waals surface area contributed by atoms with Crippen LogP contribution in [-0.4, -0.2) is 46.6 Å². The molecule has 0 atom stereocenters. The predicted molar refractivity (Wildman–Crippen MR) is 66.0 cm³/mol. The Balaban J connectivity index is 1.78. The van der Waals surface area contributed by atoms with Crippen LogP contribution < -0.4 is 0 Å². The Hall–Kier alpha value is -1.13. The number of nitrogens with zero attached hydrogens (tertiary/aromatic N) is 2. The van der Waals surface area contributed by atoms with Crippen LogP contribution in [0.15, 0.2) is 18.5 Å². The van der Waals surface area contributed by atoms with E-state index in [1.54, 1.807) is 0 Å². The van der Waals surface area contributed by atoms with Crippen LogP contribution in [0, 0.1) is 5.92 Å². The number of rotatable bonds is 5. The summed E-state index contributed by atoms with van der Waals surface area (Å²) in [6.45, 7) is 1.35. The normalized spacial score (nSPS) is 23.8. The average molecular weight is 236 g/mol. The molecule has 1 heterocycles. The zero-order valence-electron chi connectivity index (χ0n) is 10.5. The smallest absolute Gasteiger partial charge is 0.178 e. The lowest BCUT2D eigenvalue weighted by molar-refractivity contribution is 0.0286. The third-order valence-electron chi connectivity index (χ3n) is 3.35. The second-order valence-corrected chi connectivity index (χ2v) is 5.18. The van der Waals surface area contributed by atoms with Gasteiger partial charge in [0.15, 0.2) is 5.78 Å². The molecule has 1 fully saturated rings. The van der Waals surface area contributed by atoms with Crippen LogP contribution in [0.25, 0.3) is 0 Å². The van der Waals surface area contributed by atoms with Gasteiger partial charge < -0.3 is 9.67 Å². The first-order chi connectivity index (χ1) is 8.04. The molecule has 1 aliphatic rings. The number of carbonyl (C=O) groups is 1. The highest BCUT2D eigenvalue weighted by atomic mass is 16.3. The number of carbonyl (C=O) groups excluding carboxylic acids is 1. The second-order valence-electron chi connectivity index (χ2n) is 5.18. The Morgan fingerprint density at radius 2 is 2.29 bits per heavy atom. The minimum Gasteiger partial charge on any atom is -0.393 e. The molecule has 0 spiro atoms. The number of hydrogen-bond donors (Lipinski definition) is 1. The summed E-state index contributed by atoms with van der Waals surface area (Å²) in [4.78, 5) is 14.0. The van der Waals surface area contributed by atoms with Crippen molar-refractivity contribution in [3.8, 4) is 0 Å². The lowest BCUT2D eigenvalue weighted by atomic mass is 9.82. The third-order valence-corrected chi connectivity index (χ3v) is 3.35. The number of hydrogen-bond acceptors (Lipinski definition) is 3. The molecule has 0 bridgehead atoms. The molecule has 0 saturated heterocycles. The van der Waals surface area contributed by atoms with E-state index in [2.05, 4.69) is 0 Å². The summed E-state index contributed by atoms with van der Waals surface area (Å²) >= 11 is 0. The highest BCUT2D eigenvalue weighted by molar-refractivity contribution is 5.97. The molecule has 0 amide bonds. The first-order valence-corrected chi connectivity index (χ1v) is 6.06. The van der Waals surface area contributed by atoms with Gasteiger partial charge in [0.2, 0.25) is 0 Å². The molecular weight excluding hydrogens is 216 g/mol. The lowest BCUT2D eigenvalue weighted by Gasteiger charge is -2.34. The maximum atomic E-state index is 11.9. The molecule has 0 unspecified atom stereocenters. The monoisotopic (exact) mass is 236 g/mol. The van der Waals surface area contributed by atoms with Gasteiger partial charge in [-0.2, -0.15) is 0 Å². The van der Waals surface area contributed by atoms with Crippen molar-refractivity contribution in [1.82, 2.24) is 9.47 Å². The van der Waals surface area contributed by atoms with Gasteiger partial charge in [-0.25, -0.2) is 0 Å². The van der Waals surface area contributed by atoms with E-state index in [1.165, 1.54) is 0 Å². The van der Waals surface area contributed by atoms with Gasteiger partial charge in [0, 0.05) is 31.5 Å².